The molecule has 7 heteroatoms. The summed E-state index contributed by atoms with van der Waals surface area (Å²) in [6.07, 6.45) is 0. The minimum absolute atomic E-state index is 0.113. The molecule has 0 aliphatic heterocycles. The van der Waals surface area contributed by atoms with Crippen molar-refractivity contribution in [3.8, 4) is 5.75 Å². The smallest absolute Gasteiger partial charge is 0.240 e. The van der Waals surface area contributed by atoms with Gasteiger partial charge in [0.1, 0.15) is 23.9 Å². The van der Waals surface area contributed by atoms with Crippen molar-refractivity contribution in [1.29, 1.82) is 0 Å². The van der Waals surface area contributed by atoms with Crippen molar-refractivity contribution in [2.45, 2.75) is 18.4 Å². The molecule has 2 aromatic rings. The molecule has 0 aliphatic rings. The average Bonchev–Trinajstić information content (AvgIpc) is 2.89. The fourth-order valence-electron chi connectivity index (χ4n) is 1.72. The molecular weight excluding hydrogens is 292 g/mol. The molecule has 0 unspecified atom stereocenters. The van der Waals surface area contributed by atoms with Gasteiger partial charge in [-0.2, -0.15) is 0 Å². The summed E-state index contributed by atoms with van der Waals surface area (Å²) in [4.78, 5) is 0.172. The molecule has 0 saturated carbocycles. The quantitative estimate of drug-likeness (QED) is 0.806. The lowest BCUT2D eigenvalue weighted by molar-refractivity contribution is 0.328. The lowest BCUT2D eigenvalue weighted by atomic mass is 10.3. The van der Waals surface area contributed by atoms with E-state index in [0.29, 0.717) is 24.7 Å². The van der Waals surface area contributed by atoms with Gasteiger partial charge in [0, 0.05) is 6.54 Å². The van der Waals surface area contributed by atoms with Gasteiger partial charge in [0.05, 0.1) is 11.4 Å². The monoisotopic (exact) mass is 310 g/mol. The third-order valence-electron chi connectivity index (χ3n) is 2.75. The first kappa shape index (κ1) is 15.6. The summed E-state index contributed by atoms with van der Waals surface area (Å²) in [5.41, 5.74) is 5.33. The van der Waals surface area contributed by atoms with E-state index in [2.05, 4.69) is 4.72 Å². The van der Waals surface area contributed by atoms with E-state index in [4.69, 9.17) is 14.9 Å². The Hall–Kier alpha value is -1.83. The molecule has 21 heavy (non-hydrogen) atoms. The lowest BCUT2D eigenvalue weighted by Gasteiger charge is -2.07. The minimum Gasteiger partial charge on any atom is -0.492 e. The van der Waals surface area contributed by atoms with Crippen LogP contribution in [0.1, 0.15) is 11.5 Å². The van der Waals surface area contributed by atoms with Crippen LogP contribution < -0.4 is 15.2 Å². The molecule has 3 N–H and O–H groups in total. The van der Waals surface area contributed by atoms with Crippen LogP contribution in [0.5, 0.6) is 5.75 Å². The molecule has 0 atom stereocenters. The van der Waals surface area contributed by atoms with Gasteiger partial charge < -0.3 is 14.9 Å². The maximum Gasteiger partial charge on any atom is 0.240 e. The van der Waals surface area contributed by atoms with Crippen molar-refractivity contribution in [1.82, 2.24) is 4.72 Å². The third kappa shape index (κ3) is 4.32. The largest absolute Gasteiger partial charge is 0.492 e. The average molecular weight is 310 g/mol. The SMILES string of the molecule is Cc1ccc(CNS(=O)(=O)c2ccc(OCCN)cc2)o1. The number of rotatable bonds is 7. The summed E-state index contributed by atoms with van der Waals surface area (Å²) in [7, 11) is -3.58. The normalized spacial score (nSPS) is 11.5. The third-order valence-corrected chi connectivity index (χ3v) is 4.17. The van der Waals surface area contributed by atoms with Gasteiger partial charge in [-0.3, -0.25) is 0 Å². The summed E-state index contributed by atoms with van der Waals surface area (Å²) in [5.74, 6) is 1.89. The van der Waals surface area contributed by atoms with Gasteiger partial charge in [-0.1, -0.05) is 0 Å². The van der Waals surface area contributed by atoms with Crippen LogP contribution in [-0.4, -0.2) is 21.6 Å². The van der Waals surface area contributed by atoms with E-state index >= 15 is 0 Å². The summed E-state index contributed by atoms with van der Waals surface area (Å²) < 4.78 is 37.4. The zero-order valence-electron chi connectivity index (χ0n) is 11.7. The highest BCUT2D eigenvalue weighted by molar-refractivity contribution is 7.89. The van der Waals surface area contributed by atoms with Crippen LogP contribution in [0, 0.1) is 6.92 Å². The van der Waals surface area contributed by atoms with E-state index in [1.165, 1.54) is 12.1 Å². The van der Waals surface area contributed by atoms with Crippen LogP contribution in [-0.2, 0) is 16.6 Å². The Labute approximate surface area is 124 Å². The van der Waals surface area contributed by atoms with E-state index in [0.717, 1.165) is 5.76 Å². The molecular formula is C14H18N2O4S. The van der Waals surface area contributed by atoms with Crippen LogP contribution in [0.3, 0.4) is 0 Å². The molecule has 2 rings (SSSR count). The van der Waals surface area contributed by atoms with Gasteiger partial charge in [0.25, 0.3) is 0 Å². The van der Waals surface area contributed by atoms with Crippen molar-refractivity contribution in [2.75, 3.05) is 13.2 Å². The molecule has 1 heterocycles. The number of furan rings is 1. The zero-order valence-corrected chi connectivity index (χ0v) is 12.5. The Morgan fingerprint density at radius 1 is 1.19 bits per heavy atom. The van der Waals surface area contributed by atoms with Crippen molar-refractivity contribution in [3.63, 3.8) is 0 Å². The van der Waals surface area contributed by atoms with Crippen molar-refractivity contribution in [3.05, 3.63) is 47.9 Å². The van der Waals surface area contributed by atoms with Gasteiger partial charge in [-0.25, -0.2) is 13.1 Å². The van der Waals surface area contributed by atoms with E-state index in [1.807, 2.05) is 0 Å². The fourth-order valence-corrected chi connectivity index (χ4v) is 2.71. The van der Waals surface area contributed by atoms with Crippen molar-refractivity contribution < 1.29 is 17.6 Å². The second-order valence-corrected chi connectivity index (χ2v) is 6.21. The van der Waals surface area contributed by atoms with Crippen molar-refractivity contribution in [2.24, 2.45) is 5.73 Å². The highest BCUT2D eigenvalue weighted by Gasteiger charge is 2.14. The molecule has 0 radical (unpaired) electrons. The summed E-state index contributed by atoms with van der Waals surface area (Å²) in [6.45, 7) is 2.71. The maximum atomic E-state index is 12.1. The Morgan fingerprint density at radius 2 is 1.90 bits per heavy atom. The molecule has 1 aromatic carbocycles. The second kappa shape index (κ2) is 6.75. The Morgan fingerprint density at radius 3 is 2.48 bits per heavy atom. The summed E-state index contributed by atoms with van der Waals surface area (Å²) >= 11 is 0. The number of ether oxygens (including phenoxy) is 1. The Balaban J connectivity index is 2.01. The van der Waals surface area contributed by atoms with Crippen LogP contribution in [0.2, 0.25) is 0 Å². The van der Waals surface area contributed by atoms with Gasteiger partial charge in [0.15, 0.2) is 0 Å². The first-order chi connectivity index (χ1) is 10.0. The van der Waals surface area contributed by atoms with E-state index in [1.54, 1.807) is 31.2 Å². The summed E-state index contributed by atoms with van der Waals surface area (Å²) in [5, 5.41) is 0. The van der Waals surface area contributed by atoms with Gasteiger partial charge in [0.2, 0.25) is 10.0 Å². The predicted molar refractivity (Wildman–Crippen MR) is 78.5 cm³/mol. The molecule has 0 bridgehead atoms. The van der Waals surface area contributed by atoms with Gasteiger partial charge >= 0.3 is 0 Å². The molecule has 0 amide bonds. The first-order valence-electron chi connectivity index (χ1n) is 6.49. The predicted octanol–water partition coefficient (Wildman–Crippen LogP) is 1.40. The fraction of sp³-hybridized carbons (Fsp3) is 0.286. The number of hydrogen-bond donors (Lipinski definition) is 2. The van der Waals surface area contributed by atoms with E-state index in [-0.39, 0.29) is 11.4 Å². The Bertz CT molecular complexity index is 677. The maximum absolute atomic E-state index is 12.1. The minimum atomic E-state index is -3.58. The molecule has 114 valence electrons. The number of nitrogens with one attached hydrogen (secondary N) is 1. The molecule has 0 spiro atoms. The first-order valence-corrected chi connectivity index (χ1v) is 7.97. The molecule has 0 aliphatic carbocycles. The van der Waals surface area contributed by atoms with Crippen LogP contribution in [0.15, 0.2) is 45.7 Å². The van der Waals surface area contributed by atoms with Gasteiger partial charge in [-0.05, 0) is 43.3 Å². The number of nitrogens with two attached hydrogens (primary N) is 1. The van der Waals surface area contributed by atoms with Gasteiger partial charge in [-0.15, -0.1) is 0 Å². The molecule has 0 fully saturated rings. The lowest BCUT2D eigenvalue weighted by Crippen LogP contribution is -2.23. The number of sulfonamides is 1. The van der Waals surface area contributed by atoms with Crippen LogP contribution in [0.25, 0.3) is 0 Å². The van der Waals surface area contributed by atoms with E-state index < -0.39 is 10.0 Å². The van der Waals surface area contributed by atoms with Crippen LogP contribution >= 0.6 is 0 Å². The van der Waals surface area contributed by atoms with Crippen LogP contribution in [0.4, 0.5) is 0 Å². The Kier molecular flexibility index (Phi) is 5.00. The standard InChI is InChI=1S/C14H18N2O4S/c1-11-2-3-13(20-11)10-16-21(17,18)14-6-4-12(5-7-14)19-9-8-15/h2-7,16H,8-10,15H2,1H3. The summed E-state index contributed by atoms with van der Waals surface area (Å²) in [6, 6.07) is 9.69. The second-order valence-electron chi connectivity index (χ2n) is 4.45. The van der Waals surface area contributed by atoms with Crippen molar-refractivity contribution >= 4 is 10.0 Å². The topological polar surface area (TPSA) is 94.6 Å². The zero-order chi connectivity index (χ0) is 15.3. The highest BCUT2D eigenvalue weighted by atomic mass is 32.2. The number of hydrogen-bond acceptors (Lipinski definition) is 5. The molecule has 1 aromatic heterocycles. The van der Waals surface area contributed by atoms with E-state index in [9.17, 15) is 8.42 Å². The molecule has 0 saturated heterocycles. The highest BCUT2D eigenvalue weighted by Crippen LogP contribution is 2.16. The number of aryl methyl sites for hydroxylation is 1. The number of benzene rings is 1. The molecule has 6 nitrogen and oxygen atoms in total.